The third-order valence-corrected chi connectivity index (χ3v) is 12.8. The first-order chi connectivity index (χ1) is 31.7. The van der Waals surface area contributed by atoms with E-state index in [4.69, 9.17) is 0 Å². The lowest BCUT2D eigenvalue weighted by Crippen LogP contribution is -2.09. The molecule has 0 N–H and O–H groups in total. The maximum absolute atomic E-state index is 2.42. The smallest absolute Gasteiger partial charge is 0.0541 e. The minimum absolute atomic E-state index is 1.09. The molecule has 2 heteroatoms. The van der Waals surface area contributed by atoms with Gasteiger partial charge in [0.1, 0.15) is 0 Å². The molecule has 11 aromatic carbocycles. The van der Waals surface area contributed by atoms with E-state index in [1.807, 2.05) is 0 Å². The fourth-order valence-corrected chi connectivity index (χ4v) is 9.73. The summed E-state index contributed by atoms with van der Waals surface area (Å²) >= 11 is 0. The first kappa shape index (κ1) is 37.3. The number of anilines is 3. The molecule has 0 aliphatic rings. The lowest BCUT2D eigenvalue weighted by atomic mass is 9.93. The van der Waals surface area contributed by atoms with Gasteiger partial charge < -0.3 is 9.47 Å². The molecule has 0 atom stereocenters. The molecule has 0 fully saturated rings. The zero-order valence-corrected chi connectivity index (χ0v) is 35.1. The van der Waals surface area contributed by atoms with Gasteiger partial charge in [-0.1, -0.05) is 188 Å². The highest BCUT2D eigenvalue weighted by molar-refractivity contribution is 6.14. The van der Waals surface area contributed by atoms with Crippen LogP contribution < -0.4 is 4.90 Å². The summed E-state index contributed by atoms with van der Waals surface area (Å²) in [5.41, 5.74) is 16.4. The van der Waals surface area contributed by atoms with Gasteiger partial charge in [-0.3, -0.25) is 0 Å². The molecular formula is C62H42N2. The fourth-order valence-electron chi connectivity index (χ4n) is 9.73. The summed E-state index contributed by atoms with van der Waals surface area (Å²) in [4.78, 5) is 2.36. The standard InChI is InChI=1S/C62H42N2/c1-2-15-43(16-3-1)44-29-35-50(36-30-44)63(52-39-33-46(34-40-52)59-42-49-17-4-5-20-53(49)55-22-6-7-23-56(55)59)51-37-31-45(32-38-51)47-18-14-19-48(41-47)54-21-8-11-26-60(54)64-61-27-12-9-24-57(61)58-25-10-13-28-62(58)64/h1-42H. The van der Waals surface area contributed by atoms with Crippen molar-refractivity contribution in [2.75, 3.05) is 4.90 Å². The van der Waals surface area contributed by atoms with Crippen molar-refractivity contribution >= 4 is 60.4 Å². The molecule has 300 valence electrons. The zero-order valence-electron chi connectivity index (χ0n) is 35.1. The Hall–Kier alpha value is -8.46. The van der Waals surface area contributed by atoms with Crippen LogP contribution in [0.15, 0.2) is 255 Å². The molecule has 64 heavy (non-hydrogen) atoms. The minimum atomic E-state index is 1.09. The maximum Gasteiger partial charge on any atom is 0.0541 e. The largest absolute Gasteiger partial charge is 0.311 e. The number of hydrogen-bond donors (Lipinski definition) is 0. The summed E-state index contributed by atoms with van der Waals surface area (Å²) in [6, 6.07) is 92.6. The van der Waals surface area contributed by atoms with Gasteiger partial charge >= 0.3 is 0 Å². The molecule has 0 amide bonds. The van der Waals surface area contributed by atoms with Crippen LogP contribution in [0.1, 0.15) is 0 Å². The summed E-state index contributed by atoms with van der Waals surface area (Å²) < 4.78 is 2.42. The highest BCUT2D eigenvalue weighted by atomic mass is 15.1. The highest BCUT2D eigenvalue weighted by Gasteiger charge is 2.17. The van der Waals surface area contributed by atoms with Crippen molar-refractivity contribution in [2.45, 2.75) is 0 Å². The molecule has 12 aromatic rings. The van der Waals surface area contributed by atoms with Crippen LogP contribution in [0.3, 0.4) is 0 Å². The predicted octanol–water partition coefficient (Wildman–Crippen LogP) is 17.2. The number of para-hydroxylation sites is 3. The molecule has 12 rings (SSSR count). The molecule has 2 nitrogen and oxygen atoms in total. The van der Waals surface area contributed by atoms with E-state index < -0.39 is 0 Å². The summed E-state index contributed by atoms with van der Waals surface area (Å²) in [7, 11) is 0. The quantitative estimate of drug-likeness (QED) is 0.139. The molecule has 0 aliphatic carbocycles. The van der Waals surface area contributed by atoms with Crippen molar-refractivity contribution in [1.29, 1.82) is 0 Å². The monoisotopic (exact) mass is 814 g/mol. The Kier molecular flexibility index (Phi) is 9.20. The third kappa shape index (κ3) is 6.52. The van der Waals surface area contributed by atoms with E-state index in [1.54, 1.807) is 0 Å². The second-order valence-electron chi connectivity index (χ2n) is 16.5. The molecule has 1 heterocycles. The molecule has 1 aromatic heterocycles. The van der Waals surface area contributed by atoms with E-state index in [2.05, 4.69) is 264 Å². The van der Waals surface area contributed by atoms with Gasteiger partial charge in [-0.2, -0.15) is 0 Å². The van der Waals surface area contributed by atoms with Crippen LogP contribution >= 0.6 is 0 Å². The molecule has 0 radical (unpaired) electrons. The predicted molar refractivity (Wildman–Crippen MR) is 272 cm³/mol. The lowest BCUT2D eigenvalue weighted by Gasteiger charge is -2.26. The number of nitrogens with zero attached hydrogens (tertiary/aromatic N) is 2. The Morgan fingerprint density at radius 3 is 1.36 bits per heavy atom. The average Bonchev–Trinajstić information content (AvgIpc) is 3.71. The highest BCUT2D eigenvalue weighted by Crippen LogP contribution is 2.41. The van der Waals surface area contributed by atoms with Crippen molar-refractivity contribution < 1.29 is 0 Å². The van der Waals surface area contributed by atoms with E-state index in [0.717, 1.165) is 22.6 Å². The molecule has 0 unspecified atom stereocenters. The Balaban J connectivity index is 0.919. The van der Waals surface area contributed by atoms with Crippen LogP contribution in [-0.4, -0.2) is 4.57 Å². The van der Waals surface area contributed by atoms with Gasteiger partial charge in [-0.25, -0.2) is 0 Å². The van der Waals surface area contributed by atoms with Gasteiger partial charge in [0, 0.05) is 33.4 Å². The summed E-state index contributed by atoms with van der Waals surface area (Å²) in [5.74, 6) is 0. The van der Waals surface area contributed by atoms with Gasteiger partial charge in [-0.05, 0) is 127 Å². The van der Waals surface area contributed by atoms with E-state index in [9.17, 15) is 0 Å². The van der Waals surface area contributed by atoms with Crippen LogP contribution in [-0.2, 0) is 0 Å². The molecular weight excluding hydrogens is 773 g/mol. The molecule has 0 spiro atoms. The van der Waals surface area contributed by atoms with Crippen LogP contribution in [0.2, 0.25) is 0 Å². The van der Waals surface area contributed by atoms with E-state index in [0.29, 0.717) is 0 Å². The van der Waals surface area contributed by atoms with Crippen molar-refractivity contribution in [3.05, 3.63) is 255 Å². The van der Waals surface area contributed by atoms with Gasteiger partial charge in [-0.15, -0.1) is 0 Å². The molecule has 0 saturated carbocycles. The normalized spacial score (nSPS) is 11.4. The first-order valence-electron chi connectivity index (χ1n) is 22.0. The van der Waals surface area contributed by atoms with Crippen LogP contribution in [0.4, 0.5) is 17.1 Å². The number of hydrogen-bond acceptors (Lipinski definition) is 1. The topological polar surface area (TPSA) is 8.17 Å². The Morgan fingerprint density at radius 1 is 0.250 bits per heavy atom. The summed E-state index contributed by atoms with van der Waals surface area (Å²) in [6.45, 7) is 0. The van der Waals surface area contributed by atoms with Crippen LogP contribution in [0.5, 0.6) is 0 Å². The molecule has 0 saturated heterocycles. The van der Waals surface area contributed by atoms with E-state index in [-0.39, 0.29) is 0 Å². The molecule has 0 aliphatic heterocycles. The minimum Gasteiger partial charge on any atom is -0.311 e. The van der Waals surface area contributed by atoms with E-state index in [1.165, 1.54) is 88.0 Å². The van der Waals surface area contributed by atoms with Gasteiger partial charge in [0.25, 0.3) is 0 Å². The van der Waals surface area contributed by atoms with Crippen molar-refractivity contribution in [2.24, 2.45) is 0 Å². The number of benzene rings is 11. The van der Waals surface area contributed by atoms with Crippen LogP contribution in [0, 0.1) is 0 Å². The van der Waals surface area contributed by atoms with Crippen molar-refractivity contribution in [3.63, 3.8) is 0 Å². The third-order valence-electron chi connectivity index (χ3n) is 12.8. The maximum atomic E-state index is 2.42. The first-order valence-corrected chi connectivity index (χ1v) is 22.0. The van der Waals surface area contributed by atoms with Gasteiger partial charge in [0.05, 0.1) is 16.7 Å². The Labute approximate surface area is 373 Å². The number of fused-ring (bicyclic) bond motifs is 6. The summed E-state index contributed by atoms with van der Waals surface area (Å²) in [6.07, 6.45) is 0. The SMILES string of the molecule is c1ccc(-c2ccc(N(c3ccc(-c4cccc(-c5ccccc5-n5c6ccccc6c6ccccc65)c4)cc3)c3ccc(-c4cc5ccccc5c5ccccc45)cc3)cc2)cc1. The van der Waals surface area contributed by atoms with Gasteiger partial charge in [0.15, 0.2) is 0 Å². The fraction of sp³-hybridized carbons (Fsp3) is 0. The van der Waals surface area contributed by atoms with Crippen molar-refractivity contribution in [1.82, 2.24) is 4.57 Å². The Bertz CT molecular complexity index is 3580. The number of aromatic nitrogens is 1. The van der Waals surface area contributed by atoms with Gasteiger partial charge in [0.2, 0.25) is 0 Å². The summed E-state index contributed by atoms with van der Waals surface area (Å²) in [5, 5.41) is 7.59. The number of rotatable bonds is 8. The average molecular weight is 815 g/mol. The zero-order chi connectivity index (χ0) is 42.4. The van der Waals surface area contributed by atoms with E-state index >= 15 is 0 Å². The molecule has 0 bridgehead atoms. The lowest BCUT2D eigenvalue weighted by molar-refractivity contribution is 1.18. The Morgan fingerprint density at radius 2 is 0.703 bits per heavy atom. The van der Waals surface area contributed by atoms with Crippen molar-refractivity contribution in [3.8, 4) is 50.2 Å². The van der Waals surface area contributed by atoms with Crippen LogP contribution in [0.25, 0.3) is 93.5 Å². The second-order valence-corrected chi connectivity index (χ2v) is 16.5. The second kappa shape index (κ2) is 15.8.